The molecule has 0 unspecified atom stereocenters. The van der Waals surface area contributed by atoms with Gasteiger partial charge in [-0.15, -0.1) is 0 Å². The molecule has 3 aromatic rings. The van der Waals surface area contributed by atoms with Crippen LogP contribution >= 0.6 is 0 Å². The average Bonchev–Trinajstić information content (AvgIpc) is 2.63. The second-order valence-corrected chi connectivity index (χ2v) is 5.02. The standard InChI is InChI=1S/C20H16N2O/c23-20(12-15-22-19-10-13-21-14-11-19)18-8-6-17(7-9-18)16-4-2-1-3-5-16/h1-15H,(H,21,22)/b15-12+. The molecule has 0 atom stereocenters. The Bertz CT molecular complexity index is 794. The van der Waals surface area contributed by atoms with Crippen molar-refractivity contribution in [2.24, 2.45) is 0 Å². The molecule has 0 aliphatic rings. The topological polar surface area (TPSA) is 42.0 Å². The van der Waals surface area contributed by atoms with E-state index in [1.807, 2.05) is 54.6 Å². The third kappa shape index (κ3) is 3.92. The lowest BCUT2D eigenvalue weighted by atomic mass is 10.0. The fourth-order valence-electron chi connectivity index (χ4n) is 2.22. The van der Waals surface area contributed by atoms with Crippen LogP contribution in [0, 0.1) is 0 Å². The van der Waals surface area contributed by atoms with Crippen LogP contribution in [0.1, 0.15) is 10.4 Å². The summed E-state index contributed by atoms with van der Waals surface area (Å²) in [5, 5.41) is 3.04. The minimum absolute atomic E-state index is 0.0360. The normalized spacial score (nSPS) is 10.6. The number of hydrogen-bond acceptors (Lipinski definition) is 3. The number of hydrogen-bond donors (Lipinski definition) is 1. The van der Waals surface area contributed by atoms with Crippen LogP contribution in [0.2, 0.25) is 0 Å². The lowest BCUT2D eigenvalue weighted by Crippen LogP contribution is -1.96. The van der Waals surface area contributed by atoms with Crippen LogP contribution in [0.5, 0.6) is 0 Å². The van der Waals surface area contributed by atoms with E-state index < -0.39 is 0 Å². The van der Waals surface area contributed by atoms with Gasteiger partial charge in [-0.25, -0.2) is 0 Å². The van der Waals surface area contributed by atoms with Gasteiger partial charge in [0.15, 0.2) is 5.78 Å². The van der Waals surface area contributed by atoms with E-state index in [0.29, 0.717) is 5.56 Å². The molecule has 1 aromatic heterocycles. The van der Waals surface area contributed by atoms with Crippen molar-refractivity contribution < 1.29 is 4.79 Å². The zero-order valence-corrected chi connectivity index (χ0v) is 12.5. The average molecular weight is 300 g/mol. The van der Waals surface area contributed by atoms with Crippen LogP contribution in [0.4, 0.5) is 5.69 Å². The summed E-state index contributed by atoms with van der Waals surface area (Å²) in [6, 6.07) is 21.4. The Balaban J connectivity index is 1.66. The summed E-state index contributed by atoms with van der Waals surface area (Å²) in [5.74, 6) is -0.0360. The zero-order chi connectivity index (χ0) is 15.9. The van der Waals surface area contributed by atoms with Gasteiger partial charge in [-0.05, 0) is 23.3 Å². The molecule has 0 fully saturated rings. The van der Waals surface area contributed by atoms with Crippen molar-refractivity contribution in [3.63, 3.8) is 0 Å². The van der Waals surface area contributed by atoms with Gasteiger partial charge in [0.25, 0.3) is 0 Å². The molecule has 0 saturated heterocycles. The molecular weight excluding hydrogens is 284 g/mol. The van der Waals surface area contributed by atoms with Crippen molar-refractivity contribution in [1.82, 2.24) is 4.98 Å². The van der Waals surface area contributed by atoms with E-state index in [9.17, 15) is 4.79 Å². The molecule has 3 heteroatoms. The van der Waals surface area contributed by atoms with Crippen molar-refractivity contribution in [1.29, 1.82) is 0 Å². The van der Waals surface area contributed by atoms with Crippen LogP contribution in [-0.4, -0.2) is 10.8 Å². The maximum Gasteiger partial charge on any atom is 0.187 e. The number of anilines is 1. The molecule has 0 amide bonds. The van der Waals surface area contributed by atoms with Crippen LogP contribution in [0.3, 0.4) is 0 Å². The SMILES string of the molecule is O=C(/C=C/Nc1ccncc1)c1ccc(-c2ccccc2)cc1. The van der Waals surface area contributed by atoms with Gasteiger partial charge in [0.2, 0.25) is 0 Å². The molecular formula is C20H16N2O. The number of nitrogens with zero attached hydrogens (tertiary/aromatic N) is 1. The van der Waals surface area contributed by atoms with Gasteiger partial charge in [-0.1, -0.05) is 54.6 Å². The van der Waals surface area contributed by atoms with Crippen molar-refractivity contribution in [2.45, 2.75) is 0 Å². The largest absolute Gasteiger partial charge is 0.361 e. The zero-order valence-electron chi connectivity index (χ0n) is 12.5. The second-order valence-electron chi connectivity index (χ2n) is 5.02. The van der Waals surface area contributed by atoms with Gasteiger partial charge in [0.1, 0.15) is 0 Å². The van der Waals surface area contributed by atoms with E-state index >= 15 is 0 Å². The number of benzene rings is 2. The number of rotatable bonds is 5. The summed E-state index contributed by atoms with van der Waals surface area (Å²) in [4.78, 5) is 16.1. The molecule has 3 rings (SSSR count). The third-order valence-corrected chi connectivity index (χ3v) is 3.44. The molecule has 0 spiro atoms. The Morgan fingerprint density at radius 3 is 2.17 bits per heavy atom. The van der Waals surface area contributed by atoms with Crippen molar-refractivity contribution in [3.8, 4) is 11.1 Å². The molecule has 0 aliphatic heterocycles. The summed E-state index contributed by atoms with van der Waals surface area (Å²) in [6.45, 7) is 0. The summed E-state index contributed by atoms with van der Waals surface area (Å²) in [5.41, 5.74) is 3.79. The fraction of sp³-hybridized carbons (Fsp3) is 0. The van der Waals surface area contributed by atoms with Crippen molar-refractivity contribution >= 4 is 11.5 Å². The van der Waals surface area contributed by atoms with E-state index in [4.69, 9.17) is 0 Å². The number of carbonyl (C=O) groups is 1. The number of carbonyl (C=O) groups excluding carboxylic acids is 1. The van der Waals surface area contributed by atoms with E-state index in [1.54, 1.807) is 18.6 Å². The molecule has 0 bridgehead atoms. The predicted octanol–water partition coefficient (Wildman–Crippen LogP) is 4.56. The number of nitrogens with one attached hydrogen (secondary N) is 1. The van der Waals surface area contributed by atoms with Crippen LogP contribution in [0.25, 0.3) is 11.1 Å². The lowest BCUT2D eigenvalue weighted by Gasteiger charge is -2.03. The van der Waals surface area contributed by atoms with Gasteiger partial charge in [0, 0.05) is 35.9 Å². The first kappa shape index (κ1) is 14.7. The molecule has 2 aromatic carbocycles. The Morgan fingerprint density at radius 1 is 0.826 bits per heavy atom. The van der Waals surface area contributed by atoms with E-state index in [0.717, 1.165) is 16.8 Å². The minimum atomic E-state index is -0.0360. The highest BCUT2D eigenvalue weighted by molar-refractivity contribution is 6.04. The van der Waals surface area contributed by atoms with E-state index in [2.05, 4.69) is 22.4 Å². The molecule has 3 nitrogen and oxygen atoms in total. The monoisotopic (exact) mass is 300 g/mol. The summed E-state index contributed by atoms with van der Waals surface area (Å²) in [6.07, 6.45) is 6.56. The summed E-state index contributed by atoms with van der Waals surface area (Å²) >= 11 is 0. The van der Waals surface area contributed by atoms with Gasteiger partial charge >= 0.3 is 0 Å². The highest BCUT2D eigenvalue weighted by Crippen LogP contribution is 2.19. The Kier molecular flexibility index (Phi) is 4.60. The van der Waals surface area contributed by atoms with Gasteiger partial charge in [-0.3, -0.25) is 9.78 Å². The summed E-state index contributed by atoms with van der Waals surface area (Å²) in [7, 11) is 0. The van der Waals surface area contributed by atoms with Gasteiger partial charge < -0.3 is 5.32 Å². The Labute approximate surface area is 135 Å². The quantitative estimate of drug-likeness (QED) is 0.555. The first-order chi connectivity index (χ1) is 11.3. The second kappa shape index (κ2) is 7.18. The number of ketones is 1. The number of pyridine rings is 1. The first-order valence-electron chi connectivity index (χ1n) is 7.36. The van der Waals surface area contributed by atoms with E-state index in [-0.39, 0.29) is 5.78 Å². The maximum atomic E-state index is 12.1. The van der Waals surface area contributed by atoms with Gasteiger partial charge in [-0.2, -0.15) is 0 Å². The smallest absolute Gasteiger partial charge is 0.187 e. The highest BCUT2D eigenvalue weighted by atomic mass is 16.1. The van der Waals surface area contributed by atoms with Crippen LogP contribution in [-0.2, 0) is 0 Å². The maximum absolute atomic E-state index is 12.1. The van der Waals surface area contributed by atoms with Crippen molar-refractivity contribution in [3.05, 3.63) is 97.0 Å². The Hall–Kier alpha value is -3.20. The fourth-order valence-corrected chi connectivity index (χ4v) is 2.22. The number of allylic oxidation sites excluding steroid dienone is 1. The predicted molar refractivity (Wildman–Crippen MR) is 93.2 cm³/mol. The van der Waals surface area contributed by atoms with Crippen LogP contribution < -0.4 is 5.32 Å². The molecule has 112 valence electrons. The molecule has 1 N–H and O–H groups in total. The molecule has 0 radical (unpaired) electrons. The van der Waals surface area contributed by atoms with Crippen LogP contribution in [0.15, 0.2) is 91.4 Å². The molecule has 1 heterocycles. The lowest BCUT2D eigenvalue weighted by molar-refractivity contribution is 0.104. The first-order valence-corrected chi connectivity index (χ1v) is 7.36. The van der Waals surface area contributed by atoms with Gasteiger partial charge in [0.05, 0.1) is 0 Å². The summed E-state index contributed by atoms with van der Waals surface area (Å²) < 4.78 is 0. The molecule has 23 heavy (non-hydrogen) atoms. The number of aromatic nitrogens is 1. The molecule has 0 saturated carbocycles. The molecule has 0 aliphatic carbocycles. The Morgan fingerprint density at radius 2 is 1.48 bits per heavy atom. The third-order valence-electron chi connectivity index (χ3n) is 3.44. The highest BCUT2D eigenvalue weighted by Gasteiger charge is 2.02. The van der Waals surface area contributed by atoms with E-state index in [1.165, 1.54) is 6.08 Å². The van der Waals surface area contributed by atoms with Crippen molar-refractivity contribution in [2.75, 3.05) is 5.32 Å². The minimum Gasteiger partial charge on any atom is -0.361 e.